The van der Waals surface area contributed by atoms with Crippen molar-refractivity contribution in [1.29, 1.82) is 0 Å². The SMILES string of the molecule is COc1c(N)cccc1C(=O)OCc1nonc1C. The number of esters is 1. The molecule has 0 aliphatic heterocycles. The first-order chi connectivity index (χ1) is 9.13. The quantitative estimate of drug-likeness (QED) is 0.655. The highest BCUT2D eigenvalue weighted by Gasteiger charge is 2.17. The van der Waals surface area contributed by atoms with Crippen molar-refractivity contribution in [1.82, 2.24) is 10.3 Å². The smallest absolute Gasteiger partial charge is 0.342 e. The number of ether oxygens (including phenoxy) is 2. The van der Waals surface area contributed by atoms with E-state index in [4.69, 9.17) is 15.2 Å². The fourth-order valence-corrected chi connectivity index (χ4v) is 1.54. The van der Waals surface area contributed by atoms with Crippen LogP contribution >= 0.6 is 0 Å². The van der Waals surface area contributed by atoms with Gasteiger partial charge in [-0.1, -0.05) is 16.4 Å². The maximum absolute atomic E-state index is 11.9. The largest absolute Gasteiger partial charge is 0.494 e. The van der Waals surface area contributed by atoms with E-state index in [1.165, 1.54) is 7.11 Å². The van der Waals surface area contributed by atoms with E-state index in [9.17, 15) is 4.79 Å². The summed E-state index contributed by atoms with van der Waals surface area (Å²) in [5, 5.41) is 7.22. The molecule has 0 atom stereocenters. The normalized spacial score (nSPS) is 10.2. The Kier molecular flexibility index (Phi) is 3.65. The molecule has 2 rings (SSSR count). The average molecular weight is 263 g/mol. The second kappa shape index (κ2) is 5.38. The summed E-state index contributed by atoms with van der Waals surface area (Å²) in [5.41, 5.74) is 7.39. The maximum atomic E-state index is 11.9. The van der Waals surface area contributed by atoms with E-state index in [0.29, 0.717) is 22.8 Å². The van der Waals surface area contributed by atoms with Crippen LogP contribution in [0.15, 0.2) is 22.8 Å². The molecule has 2 aromatic rings. The standard InChI is InChI=1S/C12H13N3O4/c1-7-10(15-19-14-7)6-18-12(16)8-4-3-5-9(13)11(8)17-2/h3-5H,6,13H2,1-2H3. The average Bonchev–Trinajstić information content (AvgIpc) is 2.81. The molecule has 19 heavy (non-hydrogen) atoms. The van der Waals surface area contributed by atoms with Gasteiger partial charge in [0.25, 0.3) is 0 Å². The predicted molar refractivity (Wildman–Crippen MR) is 65.6 cm³/mol. The summed E-state index contributed by atoms with van der Waals surface area (Å²) in [7, 11) is 1.44. The van der Waals surface area contributed by atoms with Crippen LogP contribution in [0, 0.1) is 6.92 Å². The lowest BCUT2D eigenvalue weighted by molar-refractivity contribution is 0.0460. The summed E-state index contributed by atoms with van der Waals surface area (Å²) >= 11 is 0. The Balaban J connectivity index is 2.12. The van der Waals surface area contributed by atoms with Gasteiger partial charge in [0.15, 0.2) is 5.75 Å². The third-order valence-corrected chi connectivity index (χ3v) is 2.56. The van der Waals surface area contributed by atoms with Crippen LogP contribution in [0.5, 0.6) is 5.75 Å². The molecule has 1 heterocycles. The van der Waals surface area contributed by atoms with Gasteiger partial charge in [0.2, 0.25) is 0 Å². The summed E-state index contributed by atoms with van der Waals surface area (Å²) in [6, 6.07) is 4.87. The molecule has 0 radical (unpaired) electrons. The highest BCUT2D eigenvalue weighted by molar-refractivity contribution is 5.94. The van der Waals surface area contributed by atoms with E-state index in [-0.39, 0.29) is 12.2 Å². The minimum atomic E-state index is -0.549. The van der Waals surface area contributed by atoms with Crippen molar-refractivity contribution in [3.05, 3.63) is 35.2 Å². The van der Waals surface area contributed by atoms with Crippen LogP contribution < -0.4 is 10.5 Å². The number of carbonyl (C=O) groups excluding carboxylic acids is 1. The third kappa shape index (κ3) is 2.65. The molecule has 0 saturated heterocycles. The van der Waals surface area contributed by atoms with Gasteiger partial charge in [-0.25, -0.2) is 9.42 Å². The van der Waals surface area contributed by atoms with Gasteiger partial charge in [-0.05, 0) is 19.1 Å². The molecule has 1 aromatic heterocycles. The van der Waals surface area contributed by atoms with Crippen molar-refractivity contribution in [2.45, 2.75) is 13.5 Å². The Labute approximate surface area is 109 Å². The van der Waals surface area contributed by atoms with Crippen molar-refractivity contribution in [2.24, 2.45) is 0 Å². The molecule has 7 heteroatoms. The number of rotatable bonds is 4. The number of aryl methyl sites for hydroxylation is 1. The number of aromatic nitrogens is 2. The van der Waals surface area contributed by atoms with Crippen molar-refractivity contribution in [3.63, 3.8) is 0 Å². The molecule has 0 aliphatic carbocycles. The Bertz CT molecular complexity index is 594. The number of carbonyl (C=O) groups is 1. The van der Waals surface area contributed by atoms with Crippen LogP contribution in [-0.4, -0.2) is 23.4 Å². The summed E-state index contributed by atoms with van der Waals surface area (Å²) in [5.74, 6) is -0.256. The van der Waals surface area contributed by atoms with E-state index >= 15 is 0 Å². The number of methoxy groups -OCH3 is 1. The van der Waals surface area contributed by atoms with Crippen LogP contribution in [0.1, 0.15) is 21.7 Å². The van der Waals surface area contributed by atoms with Crippen molar-refractivity contribution < 1.29 is 18.9 Å². The van der Waals surface area contributed by atoms with Crippen LogP contribution in [-0.2, 0) is 11.3 Å². The molecule has 1 aromatic carbocycles. The lowest BCUT2D eigenvalue weighted by Crippen LogP contribution is -2.09. The van der Waals surface area contributed by atoms with Gasteiger partial charge in [0, 0.05) is 0 Å². The zero-order valence-electron chi connectivity index (χ0n) is 10.5. The van der Waals surface area contributed by atoms with Crippen LogP contribution in [0.25, 0.3) is 0 Å². The maximum Gasteiger partial charge on any atom is 0.342 e. The number of hydrogen-bond donors (Lipinski definition) is 1. The Morgan fingerprint density at radius 2 is 2.21 bits per heavy atom. The van der Waals surface area contributed by atoms with Crippen LogP contribution in [0.3, 0.4) is 0 Å². The van der Waals surface area contributed by atoms with Crippen molar-refractivity contribution >= 4 is 11.7 Å². The molecular formula is C12H13N3O4. The molecule has 0 unspecified atom stereocenters. The van der Waals surface area contributed by atoms with Gasteiger partial charge in [-0.2, -0.15) is 0 Å². The van der Waals surface area contributed by atoms with E-state index in [0.717, 1.165) is 0 Å². The van der Waals surface area contributed by atoms with Gasteiger partial charge in [0.1, 0.15) is 23.6 Å². The zero-order valence-corrected chi connectivity index (χ0v) is 10.5. The van der Waals surface area contributed by atoms with Crippen LogP contribution in [0.2, 0.25) is 0 Å². The monoisotopic (exact) mass is 263 g/mol. The van der Waals surface area contributed by atoms with Crippen molar-refractivity contribution in [2.75, 3.05) is 12.8 Å². The lowest BCUT2D eigenvalue weighted by Gasteiger charge is -2.09. The summed E-state index contributed by atoms with van der Waals surface area (Å²) in [4.78, 5) is 11.9. The Hall–Kier alpha value is -2.57. The molecule has 7 nitrogen and oxygen atoms in total. The highest BCUT2D eigenvalue weighted by atomic mass is 16.6. The molecule has 100 valence electrons. The second-order valence-electron chi connectivity index (χ2n) is 3.80. The van der Waals surface area contributed by atoms with Gasteiger partial charge in [-0.15, -0.1) is 0 Å². The summed E-state index contributed by atoms with van der Waals surface area (Å²) < 4.78 is 14.7. The fourth-order valence-electron chi connectivity index (χ4n) is 1.54. The molecule has 0 bridgehead atoms. The predicted octanol–water partition coefficient (Wildman–Crippen LogP) is 1.33. The molecule has 0 saturated carbocycles. The summed E-state index contributed by atoms with van der Waals surface area (Å²) in [6.45, 7) is 1.69. The highest BCUT2D eigenvalue weighted by Crippen LogP contribution is 2.26. The van der Waals surface area contributed by atoms with Gasteiger partial charge in [-0.3, -0.25) is 0 Å². The van der Waals surface area contributed by atoms with E-state index in [1.807, 2.05) is 0 Å². The molecule has 0 fully saturated rings. The van der Waals surface area contributed by atoms with Crippen molar-refractivity contribution in [3.8, 4) is 5.75 Å². The Morgan fingerprint density at radius 1 is 1.42 bits per heavy atom. The van der Waals surface area contributed by atoms with E-state index in [1.54, 1.807) is 25.1 Å². The number of nitrogens with zero attached hydrogens (tertiary/aromatic N) is 2. The minimum Gasteiger partial charge on any atom is -0.494 e. The van der Waals surface area contributed by atoms with Crippen LogP contribution in [0.4, 0.5) is 5.69 Å². The molecule has 0 aliphatic rings. The number of hydrogen-bond acceptors (Lipinski definition) is 7. The minimum absolute atomic E-state index is 0.0217. The number of nitrogen functional groups attached to an aromatic ring is 1. The molecular weight excluding hydrogens is 250 g/mol. The number of para-hydroxylation sites is 1. The van der Waals surface area contributed by atoms with Gasteiger partial charge < -0.3 is 15.2 Å². The second-order valence-corrected chi connectivity index (χ2v) is 3.80. The molecule has 0 spiro atoms. The van der Waals surface area contributed by atoms with Gasteiger partial charge in [0.05, 0.1) is 12.8 Å². The number of anilines is 1. The summed E-state index contributed by atoms with van der Waals surface area (Å²) in [6.07, 6.45) is 0. The fraction of sp³-hybridized carbons (Fsp3) is 0.250. The zero-order chi connectivity index (χ0) is 13.8. The molecule has 2 N–H and O–H groups in total. The first-order valence-corrected chi connectivity index (χ1v) is 5.51. The first-order valence-electron chi connectivity index (χ1n) is 5.51. The number of nitrogens with two attached hydrogens (primary N) is 1. The lowest BCUT2D eigenvalue weighted by atomic mass is 10.2. The number of benzene rings is 1. The molecule has 0 amide bonds. The Morgan fingerprint density at radius 3 is 2.84 bits per heavy atom. The topological polar surface area (TPSA) is 100 Å². The first kappa shape index (κ1) is 12.9. The van der Waals surface area contributed by atoms with E-state index < -0.39 is 5.97 Å². The third-order valence-electron chi connectivity index (χ3n) is 2.56. The van der Waals surface area contributed by atoms with Gasteiger partial charge >= 0.3 is 5.97 Å². The van der Waals surface area contributed by atoms with E-state index in [2.05, 4.69) is 14.9 Å².